The van der Waals surface area contributed by atoms with Crippen molar-refractivity contribution in [2.24, 2.45) is 0 Å². The van der Waals surface area contributed by atoms with Crippen molar-refractivity contribution in [3.63, 3.8) is 0 Å². The van der Waals surface area contributed by atoms with E-state index < -0.39 is 20.6 Å². The Hall–Kier alpha value is 1.46. The van der Waals surface area contributed by atoms with Gasteiger partial charge in [0.25, 0.3) is 0 Å². The van der Waals surface area contributed by atoms with Crippen LogP contribution in [0.4, 0.5) is 0 Å². The number of halogens is 4. The molecule has 0 N–H and O–H groups in total. The summed E-state index contributed by atoms with van der Waals surface area (Å²) in [6, 6.07) is 0. The van der Waals surface area contributed by atoms with Crippen LogP contribution in [0.25, 0.3) is 0 Å². The van der Waals surface area contributed by atoms with E-state index >= 15 is 0 Å². The maximum Gasteiger partial charge on any atom is 0.345 e. The first-order chi connectivity index (χ1) is 10.4. The largest absolute Gasteiger partial charge is 0.345 e. The molecule has 0 aliphatic rings. The van der Waals surface area contributed by atoms with Crippen molar-refractivity contribution in [1.29, 1.82) is 0 Å². The summed E-state index contributed by atoms with van der Waals surface area (Å²) in [7, 11) is -7.63. The van der Waals surface area contributed by atoms with E-state index in [-0.39, 0.29) is 49.9 Å². The molecule has 22 heavy (non-hydrogen) atoms. The van der Waals surface area contributed by atoms with Gasteiger partial charge in [0.15, 0.2) is 5.40 Å². The zero-order valence-electron chi connectivity index (χ0n) is 12.1. The molecule has 0 heterocycles. The molecule has 0 saturated heterocycles. The maximum absolute atomic E-state index is 12.8. The van der Waals surface area contributed by atoms with Gasteiger partial charge < -0.3 is 18.1 Å². The van der Waals surface area contributed by atoms with Crippen LogP contribution in [-0.2, 0) is 27.2 Å². The third-order valence-electron chi connectivity index (χ3n) is 2.31. The fourth-order valence-corrected chi connectivity index (χ4v) is 6.65. The molecule has 0 rings (SSSR count). The Morgan fingerprint density at radius 2 is 0.909 bits per heavy atom. The molecule has 0 aromatic carbocycles. The van der Waals surface area contributed by atoms with Crippen LogP contribution >= 0.6 is 61.6 Å². The standard InChI is InChI=1S/C10H20Cl4O6P2/c1-10(21(15,17-6-2-11)18-7-3-12)22(16,19-8-4-13)20-9-5-14/h10H,2-9H2,1H3. The lowest BCUT2D eigenvalue weighted by atomic mass is 10.9. The van der Waals surface area contributed by atoms with E-state index in [1.807, 2.05) is 0 Å². The molecule has 0 aliphatic heterocycles. The molecule has 0 bridgehead atoms. The number of alkyl halides is 4. The second-order valence-corrected chi connectivity index (χ2v) is 10.5. The summed E-state index contributed by atoms with van der Waals surface area (Å²) in [6.45, 7) is 1.21. The molecule has 0 fully saturated rings. The van der Waals surface area contributed by atoms with Crippen molar-refractivity contribution in [3.8, 4) is 0 Å². The Kier molecular flexibility index (Phi) is 13.6. The summed E-state index contributed by atoms with van der Waals surface area (Å²) in [5, 5.41) is -1.17. The molecular formula is C10H20Cl4O6P2. The van der Waals surface area contributed by atoms with E-state index in [2.05, 4.69) is 0 Å². The molecule has 6 nitrogen and oxygen atoms in total. The molecule has 0 aromatic heterocycles. The molecule has 0 amide bonds. The molecule has 0 aliphatic carbocycles. The predicted molar refractivity (Wildman–Crippen MR) is 91.4 cm³/mol. The van der Waals surface area contributed by atoms with Crippen molar-refractivity contribution >= 4 is 61.6 Å². The summed E-state index contributed by atoms with van der Waals surface area (Å²) in [5.74, 6) is 0.374. The van der Waals surface area contributed by atoms with Gasteiger partial charge in [-0.1, -0.05) is 0 Å². The highest BCUT2D eigenvalue weighted by atomic mass is 35.5. The third kappa shape index (κ3) is 8.02. The van der Waals surface area contributed by atoms with Gasteiger partial charge in [-0.15, -0.1) is 46.4 Å². The second kappa shape index (κ2) is 12.8. The average molecular weight is 440 g/mol. The fraction of sp³-hybridized carbons (Fsp3) is 1.00. The normalized spacial score (nSPS) is 13.0. The Morgan fingerprint density at radius 1 is 0.682 bits per heavy atom. The Balaban J connectivity index is 5.25. The molecule has 134 valence electrons. The second-order valence-electron chi connectivity index (χ2n) is 3.80. The van der Waals surface area contributed by atoms with E-state index in [0.717, 1.165) is 0 Å². The zero-order chi connectivity index (χ0) is 17.1. The van der Waals surface area contributed by atoms with E-state index in [1.54, 1.807) is 0 Å². The molecule has 0 saturated carbocycles. The number of rotatable bonds is 14. The van der Waals surface area contributed by atoms with Crippen molar-refractivity contribution in [2.75, 3.05) is 49.9 Å². The summed E-state index contributed by atoms with van der Waals surface area (Å²) in [6.07, 6.45) is 0. The van der Waals surface area contributed by atoms with Crippen LogP contribution in [0, 0.1) is 0 Å². The topological polar surface area (TPSA) is 71.1 Å². The van der Waals surface area contributed by atoms with Gasteiger partial charge in [-0.3, -0.25) is 9.13 Å². The maximum atomic E-state index is 12.8. The first-order valence-electron chi connectivity index (χ1n) is 6.41. The minimum Gasteiger partial charge on any atom is -0.307 e. The highest BCUT2D eigenvalue weighted by molar-refractivity contribution is 7.72. The molecule has 0 aromatic rings. The monoisotopic (exact) mass is 438 g/mol. The summed E-state index contributed by atoms with van der Waals surface area (Å²) in [5.41, 5.74) is 0. The molecule has 0 unspecified atom stereocenters. The average Bonchev–Trinajstić information content (AvgIpc) is 2.53. The van der Waals surface area contributed by atoms with E-state index in [9.17, 15) is 9.13 Å². The number of hydrogen-bond acceptors (Lipinski definition) is 6. The van der Waals surface area contributed by atoms with Crippen LogP contribution < -0.4 is 0 Å². The first kappa shape index (κ1) is 23.5. The van der Waals surface area contributed by atoms with Crippen LogP contribution in [-0.4, -0.2) is 55.3 Å². The summed E-state index contributed by atoms with van der Waals surface area (Å²) < 4.78 is 46.5. The van der Waals surface area contributed by atoms with Gasteiger partial charge in [-0.05, 0) is 6.92 Å². The van der Waals surface area contributed by atoms with Crippen LogP contribution in [0.5, 0.6) is 0 Å². The Bertz CT molecular complexity index is 328. The fourth-order valence-electron chi connectivity index (χ4n) is 1.33. The van der Waals surface area contributed by atoms with Gasteiger partial charge in [-0.2, -0.15) is 0 Å². The van der Waals surface area contributed by atoms with Crippen LogP contribution in [0.1, 0.15) is 6.92 Å². The highest BCUT2D eigenvalue weighted by Crippen LogP contribution is 2.70. The van der Waals surface area contributed by atoms with Gasteiger partial charge in [0.05, 0.1) is 26.4 Å². The Morgan fingerprint density at radius 3 is 1.09 bits per heavy atom. The zero-order valence-corrected chi connectivity index (χ0v) is 16.9. The van der Waals surface area contributed by atoms with E-state index in [4.69, 9.17) is 64.5 Å². The summed E-state index contributed by atoms with van der Waals surface area (Å²) >= 11 is 22.1. The smallest absolute Gasteiger partial charge is 0.307 e. The lowest BCUT2D eigenvalue weighted by Crippen LogP contribution is -2.17. The number of hydrogen-bond donors (Lipinski definition) is 0. The van der Waals surface area contributed by atoms with E-state index in [0.29, 0.717) is 0 Å². The van der Waals surface area contributed by atoms with Gasteiger partial charge in [0.1, 0.15) is 0 Å². The van der Waals surface area contributed by atoms with Gasteiger partial charge in [0, 0.05) is 23.5 Å². The van der Waals surface area contributed by atoms with Gasteiger partial charge >= 0.3 is 15.2 Å². The predicted octanol–water partition coefficient (Wildman–Crippen LogP) is 4.74. The van der Waals surface area contributed by atoms with Gasteiger partial charge in [0.2, 0.25) is 0 Å². The lowest BCUT2D eigenvalue weighted by molar-refractivity contribution is 0.198. The molecule has 0 atom stereocenters. The third-order valence-corrected chi connectivity index (χ3v) is 8.62. The molecular weight excluding hydrogens is 420 g/mol. The molecule has 12 heteroatoms. The molecule has 0 radical (unpaired) electrons. The van der Waals surface area contributed by atoms with Crippen molar-refractivity contribution < 1.29 is 27.2 Å². The van der Waals surface area contributed by atoms with Crippen molar-refractivity contribution in [3.05, 3.63) is 0 Å². The van der Waals surface area contributed by atoms with Gasteiger partial charge in [-0.25, -0.2) is 0 Å². The van der Waals surface area contributed by atoms with Crippen LogP contribution in [0.2, 0.25) is 0 Å². The first-order valence-corrected chi connectivity index (χ1v) is 11.8. The molecule has 0 spiro atoms. The minimum absolute atomic E-state index is 0.0452. The van der Waals surface area contributed by atoms with Crippen LogP contribution in [0.15, 0.2) is 0 Å². The lowest BCUT2D eigenvalue weighted by Gasteiger charge is -2.29. The van der Waals surface area contributed by atoms with Crippen molar-refractivity contribution in [1.82, 2.24) is 0 Å². The SMILES string of the molecule is CC(P(=O)(OCCCl)OCCCl)P(=O)(OCCCl)OCCCl. The van der Waals surface area contributed by atoms with E-state index in [1.165, 1.54) is 6.92 Å². The Labute approximate surface area is 151 Å². The minimum atomic E-state index is -3.81. The summed E-state index contributed by atoms with van der Waals surface area (Å²) in [4.78, 5) is 0. The van der Waals surface area contributed by atoms with Crippen LogP contribution in [0.3, 0.4) is 0 Å². The quantitative estimate of drug-likeness (QED) is 0.287. The van der Waals surface area contributed by atoms with Crippen molar-refractivity contribution in [2.45, 2.75) is 12.3 Å². The highest BCUT2D eigenvalue weighted by Gasteiger charge is 2.48.